The van der Waals surface area contributed by atoms with E-state index in [-0.39, 0.29) is 11.5 Å². The molecule has 0 spiro atoms. The Morgan fingerprint density at radius 2 is 1.77 bits per heavy atom. The summed E-state index contributed by atoms with van der Waals surface area (Å²) >= 11 is 6.54. The number of thiocarbonyl (C=S) groups is 1. The first-order valence-corrected chi connectivity index (χ1v) is 11.5. The summed E-state index contributed by atoms with van der Waals surface area (Å²) in [6, 6.07) is 8.05. The number of nitrogens with zero attached hydrogens (tertiary/aromatic N) is 4. The number of piperazine rings is 1. The second-order valence-corrected chi connectivity index (χ2v) is 9.17. The molecule has 158 valence electrons. The molecule has 8 heteroatoms. The van der Waals surface area contributed by atoms with Crippen LogP contribution in [0.15, 0.2) is 34.0 Å². The van der Waals surface area contributed by atoms with Crippen LogP contribution >= 0.6 is 24.0 Å². The van der Waals surface area contributed by atoms with Crippen LogP contribution in [0.5, 0.6) is 0 Å². The van der Waals surface area contributed by atoms with Crippen LogP contribution in [0.25, 0.3) is 17.0 Å². The molecule has 0 unspecified atom stereocenters. The predicted octanol–water partition coefficient (Wildman–Crippen LogP) is 2.99. The summed E-state index contributed by atoms with van der Waals surface area (Å²) in [5.41, 5.74) is 2.37. The van der Waals surface area contributed by atoms with Crippen LogP contribution in [0.4, 0.5) is 5.69 Å². The predicted molar refractivity (Wildman–Crippen MR) is 129 cm³/mol. The van der Waals surface area contributed by atoms with Crippen LogP contribution in [0, 0.1) is 0 Å². The third-order valence-corrected chi connectivity index (χ3v) is 7.38. The molecule has 2 fully saturated rings. The number of hydrogen-bond acceptors (Lipinski definition) is 6. The van der Waals surface area contributed by atoms with E-state index in [1.54, 1.807) is 17.7 Å². The Morgan fingerprint density at radius 3 is 2.37 bits per heavy atom. The Bertz CT molecular complexity index is 1100. The van der Waals surface area contributed by atoms with Gasteiger partial charge in [-0.15, -0.1) is 0 Å². The number of carbonyl (C=O) groups is 1. The van der Waals surface area contributed by atoms with Gasteiger partial charge in [0.2, 0.25) is 0 Å². The highest BCUT2D eigenvalue weighted by Gasteiger charge is 2.30. The lowest BCUT2D eigenvalue weighted by atomic mass is 10.0. The molecule has 1 aromatic carbocycles. The second kappa shape index (κ2) is 8.53. The van der Waals surface area contributed by atoms with Crippen LogP contribution in [-0.2, 0) is 11.3 Å². The van der Waals surface area contributed by atoms with Crippen molar-refractivity contribution in [3.05, 3.63) is 45.1 Å². The number of thioether (sulfide) groups is 1. The zero-order valence-electron chi connectivity index (χ0n) is 17.6. The van der Waals surface area contributed by atoms with Crippen molar-refractivity contribution < 1.29 is 4.79 Å². The number of anilines is 1. The molecule has 30 heavy (non-hydrogen) atoms. The van der Waals surface area contributed by atoms with E-state index in [9.17, 15) is 9.59 Å². The quantitative estimate of drug-likeness (QED) is 0.536. The average molecular weight is 443 g/mol. The monoisotopic (exact) mass is 442 g/mol. The minimum atomic E-state index is -0.151. The van der Waals surface area contributed by atoms with Crippen molar-refractivity contribution in [2.75, 3.05) is 44.7 Å². The molecule has 1 amide bonds. The lowest BCUT2D eigenvalue weighted by Gasteiger charge is -2.37. The highest BCUT2D eigenvalue weighted by Crippen LogP contribution is 2.35. The molecule has 0 bridgehead atoms. The fourth-order valence-electron chi connectivity index (χ4n) is 4.16. The van der Waals surface area contributed by atoms with Crippen LogP contribution in [0.3, 0.4) is 0 Å². The van der Waals surface area contributed by atoms with Crippen molar-refractivity contribution in [1.82, 2.24) is 14.4 Å². The van der Waals surface area contributed by atoms with Gasteiger partial charge in [-0.2, -0.15) is 0 Å². The van der Waals surface area contributed by atoms with E-state index < -0.39 is 0 Å². The molecular formula is C22H26N4O2S2. The lowest BCUT2D eigenvalue weighted by Crippen LogP contribution is -2.47. The summed E-state index contributed by atoms with van der Waals surface area (Å²) in [7, 11) is 1.67. The molecule has 2 aromatic rings. The standard InChI is InChI=1S/C22H26N4O2S2/c1-4-24-10-12-25(13-11-24)19-15-8-6-7-9-17(15)26(5-2)20(27)16(19)14-18-21(28)23(3)22(29)30-18/h6-9,14H,4-5,10-13H2,1-3H3. The van der Waals surface area contributed by atoms with E-state index in [0.29, 0.717) is 21.3 Å². The van der Waals surface area contributed by atoms with E-state index >= 15 is 0 Å². The van der Waals surface area contributed by atoms with Gasteiger partial charge < -0.3 is 14.4 Å². The summed E-state index contributed by atoms with van der Waals surface area (Å²) in [4.78, 5) is 32.9. The van der Waals surface area contributed by atoms with Crippen molar-refractivity contribution >= 4 is 56.9 Å². The molecule has 1 aromatic heterocycles. The molecular weight excluding hydrogens is 416 g/mol. The van der Waals surface area contributed by atoms with Crippen LogP contribution < -0.4 is 10.5 Å². The van der Waals surface area contributed by atoms with Gasteiger partial charge >= 0.3 is 0 Å². The molecule has 2 aliphatic rings. The Balaban J connectivity index is 1.94. The highest BCUT2D eigenvalue weighted by atomic mass is 32.2. The number of carbonyl (C=O) groups excluding carboxylic acids is 1. The van der Waals surface area contributed by atoms with Crippen molar-refractivity contribution in [1.29, 1.82) is 0 Å². The fraction of sp³-hybridized carbons (Fsp3) is 0.409. The number of aryl methyl sites for hydroxylation is 1. The molecule has 2 aliphatic heterocycles. The molecule has 0 atom stereocenters. The Morgan fingerprint density at radius 1 is 1.07 bits per heavy atom. The number of pyridine rings is 1. The molecule has 4 rings (SSSR count). The van der Waals surface area contributed by atoms with Crippen LogP contribution in [-0.4, -0.2) is 64.4 Å². The first kappa shape index (κ1) is 21.1. The van der Waals surface area contributed by atoms with Gasteiger partial charge in [-0.05, 0) is 25.6 Å². The summed E-state index contributed by atoms with van der Waals surface area (Å²) in [5, 5.41) is 1.04. The lowest BCUT2D eigenvalue weighted by molar-refractivity contribution is -0.121. The van der Waals surface area contributed by atoms with Crippen molar-refractivity contribution in [3.63, 3.8) is 0 Å². The van der Waals surface area contributed by atoms with E-state index in [2.05, 4.69) is 22.8 Å². The van der Waals surface area contributed by atoms with E-state index in [1.807, 2.05) is 25.1 Å². The van der Waals surface area contributed by atoms with E-state index in [4.69, 9.17) is 12.2 Å². The summed E-state index contributed by atoms with van der Waals surface area (Å²) in [6.07, 6.45) is 1.76. The normalized spacial score (nSPS) is 19.5. The molecule has 0 radical (unpaired) electrons. The number of benzene rings is 1. The maximum absolute atomic E-state index is 13.6. The molecule has 0 saturated carbocycles. The van der Waals surface area contributed by atoms with Gasteiger partial charge in [-0.1, -0.05) is 49.1 Å². The molecule has 6 nitrogen and oxygen atoms in total. The van der Waals surface area contributed by atoms with Crippen molar-refractivity contribution in [2.45, 2.75) is 20.4 Å². The van der Waals surface area contributed by atoms with Crippen molar-refractivity contribution in [3.8, 4) is 0 Å². The van der Waals surface area contributed by atoms with Gasteiger partial charge in [-0.3, -0.25) is 14.5 Å². The third-order valence-electron chi connectivity index (χ3n) is 5.89. The SMILES string of the molecule is CCN1CCN(c2c(C=C3SC(=S)N(C)C3=O)c(=O)n(CC)c3ccccc23)CC1. The Labute approximate surface area is 186 Å². The zero-order chi connectivity index (χ0) is 21.4. The first-order chi connectivity index (χ1) is 14.5. The van der Waals surface area contributed by atoms with Gasteiger partial charge in [-0.25, -0.2) is 0 Å². The minimum absolute atomic E-state index is 0.0644. The molecule has 2 saturated heterocycles. The largest absolute Gasteiger partial charge is 0.368 e. The summed E-state index contributed by atoms with van der Waals surface area (Å²) < 4.78 is 2.31. The molecule has 0 N–H and O–H groups in total. The molecule has 3 heterocycles. The van der Waals surface area contributed by atoms with Gasteiger partial charge in [0.25, 0.3) is 11.5 Å². The maximum Gasteiger partial charge on any atom is 0.265 e. The number of hydrogen-bond donors (Lipinski definition) is 0. The number of amides is 1. The van der Waals surface area contributed by atoms with Crippen LogP contribution in [0.2, 0.25) is 0 Å². The maximum atomic E-state index is 13.6. The first-order valence-electron chi connectivity index (χ1n) is 10.3. The number of rotatable bonds is 4. The smallest absolute Gasteiger partial charge is 0.265 e. The number of fused-ring (bicyclic) bond motifs is 1. The summed E-state index contributed by atoms with van der Waals surface area (Å²) in [6.45, 7) is 9.35. The second-order valence-electron chi connectivity index (χ2n) is 7.49. The van der Waals surface area contributed by atoms with E-state index in [0.717, 1.165) is 49.3 Å². The minimum Gasteiger partial charge on any atom is -0.368 e. The van der Waals surface area contributed by atoms with Gasteiger partial charge in [0.05, 0.1) is 21.7 Å². The van der Waals surface area contributed by atoms with Gasteiger partial charge in [0.1, 0.15) is 4.32 Å². The fourth-order valence-corrected chi connectivity index (χ4v) is 5.32. The third kappa shape index (κ3) is 3.57. The van der Waals surface area contributed by atoms with Crippen molar-refractivity contribution in [2.24, 2.45) is 0 Å². The molecule has 0 aliphatic carbocycles. The van der Waals surface area contributed by atoms with E-state index in [1.165, 1.54) is 16.7 Å². The highest BCUT2D eigenvalue weighted by molar-refractivity contribution is 8.26. The number of aromatic nitrogens is 1. The summed E-state index contributed by atoms with van der Waals surface area (Å²) in [5.74, 6) is -0.151. The zero-order valence-corrected chi connectivity index (χ0v) is 19.2. The number of likely N-dealkylation sites (N-methyl/N-ethyl adjacent to an activating group) is 2. The topological polar surface area (TPSA) is 48.8 Å². The average Bonchev–Trinajstić information content (AvgIpc) is 3.01. The van der Waals surface area contributed by atoms with Gasteiger partial charge in [0.15, 0.2) is 0 Å². The number of para-hydroxylation sites is 1. The van der Waals surface area contributed by atoms with Crippen LogP contribution in [0.1, 0.15) is 19.4 Å². The Kier molecular flexibility index (Phi) is 5.99. The Hall–Kier alpha value is -2.16. The van der Waals surface area contributed by atoms with Gasteiger partial charge in [0, 0.05) is 45.2 Å².